The Hall–Kier alpha value is -1.35. The average Bonchev–Trinajstić information content (AvgIpc) is 2.57. The Balaban J connectivity index is 1.55. The van der Waals surface area contributed by atoms with Crippen LogP contribution in [0.1, 0.15) is 55.3 Å². The van der Waals surface area contributed by atoms with E-state index in [1.807, 2.05) is 30.3 Å². The Bertz CT molecular complexity index is 454. The van der Waals surface area contributed by atoms with Gasteiger partial charge in [0.2, 0.25) is 0 Å². The zero-order chi connectivity index (χ0) is 14.5. The molecule has 1 aromatic carbocycles. The lowest BCUT2D eigenvalue weighted by molar-refractivity contribution is -0.0405. The van der Waals surface area contributed by atoms with Crippen LogP contribution in [-0.4, -0.2) is 24.7 Å². The topological polar surface area (TPSA) is 38.3 Å². The van der Waals surface area contributed by atoms with Crippen LogP contribution in [0.5, 0.6) is 0 Å². The third-order valence-electron chi connectivity index (χ3n) is 4.86. The number of hydrogen-bond donors (Lipinski definition) is 1. The molecule has 1 amide bonds. The minimum atomic E-state index is 0.0462. The lowest BCUT2D eigenvalue weighted by Gasteiger charge is -2.36. The van der Waals surface area contributed by atoms with Gasteiger partial charge in [-0.2, -0.15) is 0 Å². The number of carbonyl (C=O) groups excluding carboxylic acids is 1. The van der Waals surface area contributed by atoms with E-state index in [0.29, 0.717) is 12.0 Å². The van der Waals surface area contributed by atoms with Crippen molar-refractivity contribution in [2.45, 2.75) is 57.1 Å². The molecule has 1 aromatic rings. The van der Waals surface area contributed by atoms with Gasteiger partial charge in [0.1, 0.15) is 0 Å². The fourth-order valence-corrected chi connectivity index (χ4v) is 3.65. The van der Waals surface area contributed by atoms with Crippen molar-refractivity contribution in [2.75, 3.05) is 6.61 Å². The third-order valence-corrected chi connectivity index (χ3v) is 4.86. The fourth-order valence-electron chi connectivity index (χ4n) is 3.65. The van der Waals surface area contributed by atoms with Crippen molar-refractivity contribution in [3.05, 3.63) is 35.9 Å². The molecule has 3 rings (SSSR count). The summed E-state index contributed by atoms with van der Waals surface area (Å²) in [7, 11) is 0. The number of ether oxygens (including phenoxy) is 1. The molecule has 21 heavy (non-hydrogen) atoms. The summed E-state index contributed by atoms with van der Waals surface area (Å²) in [4.78, 5) is 12.2. The maximum Gasteiger partial charge on any atom is 0.251 e. The molecule has 1 N–H and O–H groups in total. The summed E-state index contributed by atoms with van der Waals surface area (Å²) >= 11 is 0. The fraction of sp³-hybridized carbons (Fsp3) is 0.611. The first kappa shape index (κ1) is 14.6. The molecule has 1 saturated heterocycles. The Labute approximate surface area is 127 Å². The van der Waals surface area contributed by atoms with Gasteiger partial charge in [0.05, 0.1) is 6.10 Å². The maximum absolute atomic E-state index is 12.2. The molecule has 3 heteroatoms. The van der Waals surface area contributed by atoms with Crippen LogP contribution in [0.25, 0.3) is 0 Å². The molecule has 2 unspecified atom stereocenters. The SMILES string of the molecule is O=C(NC1CCOC(C2CCCCC2)C1)c1ccccc1. The Morgan fingerprint density at radius 3 is 2.57 bits per heavy atom. The van der Waals surface area contributed by atoms with E-state index >= 15 is 0 Å². The average molecular weight is 287 g/mol. The largest absolute Gasteiger partial charge is 0.378 e. The van der Waals surface area contributed by atoms with Crippen LogP contribution in [-0.2, 0) is 4.74 Å². The van der Waals surface area contributed by atoms with Gasteiger partial charge in [0, 0.05) is 18.2 Å². The van der Waals surface area contributed by atoms with Gasteiger partial charge < -0.3 is 10.1 Å². The van der Waals surface area contributed by atoms with Gasteiger partial charge in [-0.3, -0.25) is 4.79 Å². The normalized spacial score (nSPS) is 27.2. The molecule has 1 heterocycles. The summed E-state index contributed by atoms with van der Waals surface area (Å²) < 4.78 is 5.98. The van der Waals surface area contributed by atoms with Crippen molar-refractivity contribution in [1.82, 2.24) is 5.32 Å². The highest BCUT2D eigenvalue weighted by Gasteiger charge is 2.30. The summed E-state index contributed by atoms with van der Waals surface area (Å²) in [5.41, 5.74) is 0.748. The molecule has 0 spiro atoms. The molecule has 1 aliphatic heterocycles. The highest BCUT2D eigenvalue weighted by molar-refractivity contribution is 5.94. The van der Waals surface area contributed by atoms with Crippen LogP contribution in [0.3, 0.4) is 0 Å². The van der Waals surface area contributed by atoms with Crippen molar-refractivity contribution >= 4 is 5.91 Å². The summed E-state index contributed by atoms with van der Waals surface area (Å²) in [5, 5.41) is 3.19. The van der Waals surface area contributed by atoms with Crippen molar-refractivity contribution in [1.29, 1.82) is 0 Å². The first-order chi connectivity index (χ1) is 10.3. The van der Waals surface area contributed by atoms with E-state index in [1.54, 1.807) is 0 Å². The predicted molar refractivity (Wildman–Crippen MR) is 83.2 cm³/mol. The molecule has 2 atom stereocenters. The number of nitrogens with one attached hydrogen (secondary N) is 1. The van der Waals surface area contributed by atoms with E-state index in [1.165, 1.54) is 32.1 Å². The minimum absolute atomic E-state index is 0.0462. The number of amides is 1. The van der Waals surface area contributed by atoms with Crippen molar-refractivity contribution in [3.63, 3.8) is 0 Å². The zero-order valence-electron chi connectivity index (χ0n) is 12.6. The molecular weight excluding hydrogens is 262 g/mol. The maximum atomic E-state index is 12.2. The van der Waals surface area contributed by atoms with Crippen LogP contribution >= 0.6 is 0 Å². The van der Waals surface area contributed by atoms with Gasteiger partial charge in [0.25, 0.3) is 5.91 Å². The smallest absolute Gasteiger partial charge is 0.251 e. The molecule has 2 aliphatic rings. The Morgan fingerprint density at radius 2 is 1.81 bits per heavy atom. The third kappa shape index (κ3) is 3.85. The number of carbonyl (C=O) groups is 1. The van der Waals surface area contributed by atoms with Gasteiger partial charge in [0.15, 0.2) is 0 Å². The van der Waals surface area contributed by atoms with Crippen molar-refractivity contribution < 1.29 is 9.53 Å². The first-order valence-electron chi connectivity index (χ1n) is 8.30. The molecule has 0 bridgehead atoms. The molecule has 1 saturated carbocycles. The lowest BCUT2D eigenvalue weighted by Crippen LogP contribution is -2.44. The summed E-state index contributed by atoms with van der Waals surface area (Å²) in [6.45, 7) is 0.779. The second-order valence-electron chi connectivity index (χ2n) is 6.37. The van der Waals surface area contributed by atoms with E-state index in [2.05, 4.69) is 5.32 Å². The summed E-state index contributed by atoms with van der Waals surface area (Å²) in [5.74, 6) is 0.750. The second-order valence-corrected chi connectivity index (χ2v) is 6.37. The minimum Gasteiger partial charge on any atom is -0.378 e. The number of rotatable bonds is 3. The number of benzene rings is 1. The molecule has 0 radical (unpaired) electrons. The number of hydrogen-bond acceptors (Lipinski definition) is 2. The van der Waals surface area contributed by atoms with Gasteiger partial charge in [-0.05, 0) is 43.7 Å². The summed E-state index contributed by atoms with van der Waals surface area (Å²) in [6.07, 6.45) is 8.90. The molecule has 0 aromatic heterocycles. The molecule has 114 valence electrons. The molecule has 3 nitrogen and oxygen atoms in total. The van der Waals surface area contributed by atoms with Crippen LogP contribution in [0, 0.1) is 5.92 Å². The van der Waals surface area contributed by atoms with Crippen LogP contribution in [0.4, 0.5) is 0 Å². The molecule has 2 fully saturated rings. The monoisotopic (exact) mass is 287 g/mol. The molecular formula is C18H25NO2. The van der Waals surface area contributed by atoms with E-state index in [0.717, 1.165) is 25.0 Å². The van der Waals surface area contributed by atoms with Crippen LogP contribution in [0.15, 0.2) is 30.3 Å². The van der Waals surface area contributed by atoms with E-state index in [-0.39, 0.29) is 11.9 Å². The highest BCUT2D eigenvalue weighted by atomic mass is 16.5. The van der Waals surface area contributed by atoms with Crippen LogP contribution in [0.2, 0.25) is 0 Å². The second kappa shape index (κ2) is 7.08. The zero-order valence-corrected chi connectivity index (χ0v) is 12.6. The van der Waals surface area contributed by atoms with E-state index in [9.17, 15) is 4.79 Å². The molecule has 1 aliphatic carbocycles. The Morgan fingerprint density at radius 1 is 1.05 bits per heavy atom. The standard InChI is InChI=1S/C18H25NO2/c20-18(15-9-5-2-6-10-15)19-16-11-12-21-17(13-16)14-7-3-1-4-8-14/h2,5-6,9-10,14,16-17H,1,3-4,7-8,11-13H2,(H,19,20). The van der Waals surface area contributed by atoms with Gasteiger partial charge in [-0.1, -0.05) is 37.5 Å². The van der Waals surface area contributed by atoms with E-state index in [4.69, 9.17) is 4.74 Å². The Kier molecular flexibility index (Phi) is 4.91. The van der Waals surface area contributed by atoms with Gasteiger partial charge in [-0.15, -0.1) is 0 Å². The highest BCUT2D eigenvalue weighted by Crippen LogP contribution is 2.32. The van der Waals surface area contributed by atoms with Crippen LogP contribution < -0.4 is 5.32 Å². The van der Waals surface area contributed by atoms with E-state index < -0.39 is 0 Å². The van der Waals surface area contributed by atoms with Gasteiger partial charge in [-0.25, -0.2) is 0 Å². The summed E-state index contributed by atoms with van der Waals surface area (Å²) in [6, 6.07) is 9.75. The quantitative estimate of drug-likeness (QED) is 0.923. The lowest BCUT2D eigenvalue weighted by atomic mass is 9.82. The predicted octanol–water partition coefficient (Wildman–Crippen LogP) is 3.54. The van der Waals surface area contributed by atoms with Gasteiger partial charge >= 0.3 is 0 Å². The first-order valence-corrected chi connectivity index (χ1v) is 8.30. The van der Waals surface area contributed by atoms with Crippen molar-refractivity contribution in [2.24, 2.45) is 5.92 Å². The van der Waals surface area contributed by atoms with Crippen molar-refractivity contribution in [3.8, 4) is 0 Å².